The molecule has 0 unspecified atom stereocenters. The van der Waals surface area contributed by atoms with E-state index in [4.69, 9.17) is 0 Å². The van der Waals surface area contributed by atoms with Crippen molar-refractivity contribution in [3.63, 3.8) is 0 Å². The van der Waals surface area contributed by atoms with Crippen molar-refractivity contribution in [2.75, 3.05) is 18.5 Å². The standard InChI is InChI=1S/C13H14FN3.C2H6/c1-16-4-3-11-12(14)5-9(6-13(11)16)10-7-15-17(2)8-10;1-2/h5-8H,3-4H2,1-2H3;1-2H3. The van der Waals surface area contributed by atoms with Gasteiger partial charge in [0.2, 0.25) is 0 Å². The van der Waals surface area contributed by atoms with Crippen LogP contribution in [-0.4, -0.2) is 23.4 Å². The zero-order valence-corrected chi connectivity index (χ0v) is 11.9. The summed E-state index contributed by atoms with van der Waals surface area (Å²) in [5.74, 6) is -0.106. The molecular weight excluding hydrogens is 241 g/mol. The van der Waals surface area contributed by atoms with Crippen LogP contribution in [0, 0.1) is 5.82 Å². The molecule has 1 aromatic heterocycles. The Bertz CT molecular complexity index is 575. The molecule has 0 atom stereocenters. The maximum atomic E-state index is 14.0. The highest BCUT2D eigenvalue weighted by atomic mass is 19.1. The van der Waals surface area contributed by atoms with Gasteiger partial charge in [0.1, 0.15) is 5.82 Å². The maximum absolute atomic E-state index is 14.0. The van der Waals surface area contributed by atoms with Gasteiger partial charge in [0.25, 0.3) is 0 Å². The van der Waals surface area contributed by atoms with E-state index in [9.17, 15) is 4.39 Å². The lowest BCUT2D eigenvalue weighted by Crippen LogP contribution is -2.12. The highest BCUT2D eigenvalue weighted by Gasteiger charge is 2.20. The molecular formula is C15H20FN3. The van der Waals surface area contributed by atoms with Crippen LogP contribution in [0.3, 0.4) is 0 Å². The van der Waals surface area contributed by atoms with Crippen LogP contribution >= 0.6 is 0 Å². The third-order valence-electron chi connectivity index (χ3n) is 3.32. The van der Waals surface area contributed by atoms with Crippen LogP contribution in [0.2, 0.25) is 0 Å². The van der Waals surface area contributed by atoms with E-state index in [2.05, 4.69) is 10.00 Å². The number of fused-ring (bicyclic) bond motifs is 1. The molecule has 4 heteroatoms. The summed E-state index contributed by atoms with van der Waals surface area (Å²) in [7, 11) is 3.86. The van der Waals surface area contributed by atoms with Crippen LogP contribution in [0.15, 0.2) is 24.5 Å². The van der Waals surface area contributed by atoms with Crippen LogP contribution in [0.5, 0.6) is 0 Å². The minimum Gasteiger partial charge on any atom is -0.374 e. The Balaban J connectivity index is 0.000000637. The van der Waals surface area contributed by atoms with E-state index in [1.54, 1.807) is 16.9 Å². The average molecular weight is 261 g/mol. The molecule has 0 N–H and O–H groups in total. The average Bonchev–Trinajstić information content (AvgIpc) is 3.00. The van der Waals surface area contributed by atoms with Crippen molar-refractivity contribution in [3.8, 4) is 11.1 Å². The van der Waals surface area contributed by atoms with Crippen molar-refractivity contribution in [3.05, 3.63) is 35.9 Å². The van der Waals surface area contributed by atoms with Gasteiger partial charge in [-0.1, -0.05) is 13.8 Å². The summed E-state index contributed by atoms with van der Waals surface area (Å²) in [6, 6.07) is 3.65. The predicted octanol–water partition coefficient (Wildman–Crippen LogP) is 3.24. The number of likely N-dealkylation sites (N-methyl/N-ethyl adjacent to an activating group) is 1. The molecule has 0 radical (unpaired) electrons. The molecule has 0 saturated heterocycles. The molecule has 2 heterocycles. The van der Waals surface area contributed by atoms with E-state index in [0.29, 0.717) is 0 Å². The molecule has 3 nitrogen and oxygen atoms in total. The van der Waals surface area contributed by atoms with E-state index in [-0.39, 0.29) is 5.82 Å². The SMILES string of the molecule is CC.CN1CCc2c(F)cc(-c3cnn(C)c3)cc21. The fourth-order valence-corrected chi connectivity index (χ4v) is 2.35. The highest BCUT2D eigenvalue weighted by molar-refractivity contribution is 5.71. The maximum Gasteiger partial charge on any atom is 0.129 e. The number of anilines is 1. The monoisotopic (exact) mass is 261 g/mol. The molecule has 0 amide bonds. The molecule has 0 bridgehead atoms. The summed E-state index contributed by atoms with van der Waals surface area (Å²) >= 11 is 0. The van der Waals surface area contributed by atoms with Crippen LogP contribution in [0.1, 0.15) is 19.4 Å². The number of aromatic nitrogens is 2. The molecule has 3 rings (SSSR count). The molecule has 2 aromatic rings. The molecule has 0 spiro atoms. The third-order valence-corrected chi connectivity index (χ3v) is 3.32. The lowest BCUT2D eigenvalue weighted by atomic mass is 10.0. The van der Waals surface area contributed by atoms with Crippen molar-refractivity contribution < 1.29 is 4.39 Å². The second kappa shape index (κ2) is 5.43. The molecule has 19 heavy (non-hydrogen) atoms. The van der Waals surface area contributed by atoms with Gasteiger partial charge in [0.15, 0.2) is 0 Å². The minimum absolute atomic E-state index is 0.106. The van der Waals surface area contributed by atoms with Gasteiger partial charge < -0.3 is 4.90 Å². The third kappa shape index (κ3) is 2.48. The van der Waals surface area contributed by atoms with E-state index in [1.807, 2.05) is 40.2 Å². The van der Waals surface area contributed by atoms with Crippen molar-refractivity contribution in [2.24, 2.45) is 7.05 Å². The molecule has 0 aliphatic carbocycles. The fraction of sp³-hybridized carbons (Fsp3) is 0.400. The van der Waals surface area contributed by atoms with Gasteiger partial charge in [-0.15, -0.1) is 0 Å². The Morgan fingerprint density at radius 3 is 2.53 bits per heavy atom. The zero-order chi connectivity index (χ0) is 14.0. The number of aryl methyl sites for hydroxylation is 1. The first kappa shape index (κ1) is 13.6. The summed E-state index contributed by atoms with van der Waals surface area (Å²) in [6.07, 6.45) is 4.46. The molecule has 102 valence electrons. The Hall–Kier alpha value is -1.84. The van der Waals surface area contributed by atoms with Crippen molar-refractivity contribution in [2.45, 2.75) is 20.3 Å². The zero-order valence-electron chi connectivity index (χ0n) is 11.9. The van der Waals surface area contributed by atoms with Gasteiger partial charge in [0.05, 0.1) is 6.20 Å². The minimum atomic E-state index is -0.106. The molecule has 1 aliphatic rings. The van der Waals surface area contributed by atoms with Gasteiger partial charge in [-0.05, 0) is 24.1 Å². The first-order valence-electron chi connectivity index (χ1n) is 6.68. The van der Waals surface area contributed by atoms with Crippen LogP contribution in [0.25, 0.3) is 11.1 Å². The van der Waals surface area contributed by atoms with Crippen molar-refractivity contribution in [1.29, 1.82) is 0 Å². The largest absolute Gasteiger partial charge is 0.374 e. The number of benzene rings is 1. The highest BCUT2D eigenvalue weighted by Crippen LogP contribution is 2.33. The van der Waals surface area contributed by atoms with Crippen molar-refractivity contribution >= 4 is 5.69 Å². The van der Waals surface area contributed by atoms with E-state index in [0.717, 1.165) is 35.3 Å². The van der Waals surface area contributed by atoms with Gasteiger partial charge in [-0.25, -0.2) is 4.39 Å². The first-order chi connectivity index (χ1) is 9.15. The number of hydrogen-bond donors (Lipinski definition) is 0. The van der Waals surface area contributed by atoms with Gasteiger partial charge in [-0.2, -0.15) is 5.10 Å². The second-order valence-electron chi connectivity index (χ2n) is 4.53. The smallest absolute Gasteiger partial charge is 0.129 e. The summed E-state index contributed by atoms with van der Waals surface area (Å²) in [6.45, 7) is 4.89. The Morgan fingerprint density at radius 1 is 1.16 bits per heavy atom. The van der Waals surface area contributed by atoms with Gasteiger partial charge >= 0.3 is 0 Å². The second-order valence-corrected chi connectivity index (χ2v) is 4.53. The van der Waals surface area contributed by atoms with E-state index >= 15 is 0 Å². The summed E-state index contributed by atoms with van der Waals surface area (Å²) < 4.78 is 15.7. The number of nitrogens with zero attached hydrogens (tertiary/aromatic N) is 3. The number of halogens is 1. The fourth-order valence-electron chi connectivity index (χ4n) is 2.35. The van der Waals surface area contributed by atoms with Crippen LogP contribution in [-0.2, 0) is 13.5 Å². The van der Waals surface area contributed by atoms with Crippen molar-refractivity contribution in [1.82, 2.24) is 9.78 Å². The lowest BCUT2D eigenvalue weighted by molar-refractivity contribution is 0.616. The Kier molecular flexibility index (Phi) is 3.88. The number of rotatable bonds is 1. The first-order valence-corrected chi connectivity index (χ1v) is 6.68. The summed E-state index contributed by atoms with van der Waals surface area (Å²) in [5.41, 5.74) is 3.68. The Morgan fingerprint density at radius 2 is 1.89 bits per heavy atom. The normalized spacial score (nSPS) is 13.0. The molecule has 0 fully saturated rings. The lowest BCUT2D eigenvalue weighted by Gasteiger charge is -2.13. The molecule has 1 aromatic carbocycles. The number of hydrogen-bond acceptors (Lipinski definition) is 2. The van der Waals surface area contributed by atoms with Gasteiger partial charge in [-0.3, -0.25) is 4.68 Å². The van der Waals surface area contributed by atoms with E-state index in [1.165, 1.54) is 0 Å². The quantitative estimate of drug-likeness (QED) is 0.785. The van der Waals surface area contributed by atoms with Crippen LogP contribution < -0.4 is 4.90 Å². The molecule has 0 saturated carbocycles. The predicted molar refractivity (Wildman–Crippen MR) is 76.9 cm³/mol. The van der Waals surface area contributed by atoms with Gasteiger partial charge in [0, 0.05) is 43.7 Å². The Labute approximate surface area is 113 Å². The summed E-state index contributed by atoms with van der Waals surface area (Å²) in [4.78, 5) is 2.10. The molecule has 1 aliphatic heterocycles. The topological polar surface area (TPSA) is 21.1 Å². The van der Waals surface area contributed by atoms with E-state index < -0.39 is 0 Å². The summed E-state index contributed by atoms with van der Waals surface area (Å²) in [5, 5.41) is 4.12. The van der Waals surface area contributed by atoms with Crippen LogP contribution in [0.4, 0.5) is 10.1 Å².